The quantitative estimate of drug-likeness (QED) is 0.711. The Kier molecular flexibility index (Phi) is 4.13. The van der Waals surface area contributed by atoms with Gasteiger partial charge in [-0.25, -0.2) is 0 Å². The van der Waals surface area contributed by atoms with Gasteiger partial charge >= 0.3 is 17.5 Å². The molecule has 3 heterocycles. The summed E-state index contributed by atoms with van der Waals surface area (Å²) < 4.78 is 73.7. The Balaban J connectivity index is 1.65. The molecule has 3 aliphatic heterocycles. The molecule has 0 amide bonds. The van der Waals surface area contributed by atoms with Crippen LogP contribution in [-0.2, 0) is 30.6 Å². The minimum atomic E-state index is -4.50. The van der Waals surface area contributed by atoms with E-state index in [1.807, 2.05) is 0 Å². The van der Waals surface area contributed by atoms with Crippen LogP contribution < -0.4 is 9.64 Å². The molecule has 0 spiro atoms. The molecular weight excluding hydrogens is 399 g/mol. The first kappa shape index (κ1) is 17.9. The van der Waals surface area contributed by atoms with Crippen molar-refractivity contribution in [3.63, 3.8) is 0 Å². The molecule has 0 aliphatic carbocycles. The number of alkyl halides is 3. The van der Waals surface area contributed by atoms with Gasteiger partial charge in [0.1, 0.15) is 12.2 Å². The molecule has 28 heavy (non-hydrogen) atoms. The summed E-state index contributed by atoms with van der Waals surface area (Å²) in [5, 5.41) is 0. The molecule has 0 radical (unpaired) electrons. The molecule has 0 N–H and O–H groups in total. The van der Waals surface area contributed by atoms with Gasteiger partial charge in [0.25, 0.3) is 0 Å². The van der Waals surface area contributed by atoms with E-state index in [1.54, 1.807) is 29.2 Å². The molecule has 4 atom stereocenters. The van der Waals surface area contributed by atoms with Crippen molar-refractivity contribution in [2.75, 3.05) is 18.1 Å². The zero-order valence-electron chi connectivity index (χ0n) is 14.2. The minimum absolute atomic E-state index is 0.172. The second-order valence-electron chi connectivity index (χ2n) is 6.62. The highest BCUT2D eigenvalue weighted by molar-refractivity contribution is 7.75. The molecule has 2 fully saturated rings. The van der Waals surface area contributed by atoms with Crippen molar-refractivity contribution in [2.24, 2.45) is 0 Å². The number of benzene rings is 2. The third-order valence-corrected chi connectivity index (χ3v) is 5.71. The maximum absolute atomic E-state index is 13.3. The second kappa shape index (κ2) is 6.45. The highest BCUT2D eigenvalue weighted by Gasteiger charge is 2.48. The average molecular weight is 413 g/mol. The second-order valence-corrected chi connectivity index (χ2v) is 7.42. The fourth-order valence-corrected chi connectivity index (χ4v) is 4.55. The predicted molar refractivity (Wildman–Crippen MR) is 92.6 cm³/mol. The van der Waals surface area contributed by atoms with Gasteiger partial charge < -0.3 is 14.4 Å². The smallest absolute Gasteiger partial charge is 0.416 e. The van der Waals surface area contributed by atoms with Crippen LogP contribution in [0.1, 0.15) is 5.56 Å². The summed E-state index contributed by atoms with van der Waals surface area (Å²) in [6.45, 7) is 0.375. The highest BCUT2D eigenvalue weighted by atomic mass is 32.2. The number of fused-ring (bicyclic) bond motifs is 3. The summed E-state index contributed by atoms with van der Waals surface area (Å²) in [6.07, 6.45) is -5.69. The number of nitrogens with zero attached hydrogens (tertiary/aromatic N) is 1. The Morgan fingerprint density at radius 1 is 1.00 bits per heavy atom. The monoisotopic (exact) mass is 413 g/mol. The van der Waals surface area contributed by atoms with E-state index in [4.69, 9.17) is 17.8 Å². The van der Waals surface area contributed by atoms with Crippen molar-refractivity contribution in [3.8, 4) is 11.5 Å². The van der Waals surface area contributed by atoms with Gasteiger partial charge in [0.05, 0.1) is 36.2 Å². The number of anilines is 2. The molecule has 0 aromatic heterocycles. The number of rotatable bonds is 1. The van der Waals surface area contributed by atoms with E-state index < -0.39 is 41.4 Å². The molecule has 1 unspecified atom stereocenters. The number of para-hydroxylation sites is 2. The van der Waals surface area contributed by atoms with Crippen molar-refractivity contribution in [1.29, 1.82) is 0 Å². The third kappa shape index (κ3) is 2.87. The van der Waals surface area contributed by atoms with Crippen molar-refractivity contribution in [3.05, 3.63) is 48.0 Å². The van der Waals surface area contributed by atoms with E-state index in [2.05, 4.69) is 0 Å². The van der Waals surface area contributed by atoms with Gasteiger partial charge in [-0.05, 0) is 30.3 Å². The number of hydrogen-bond acceptors (Lipinski definition) is 6. The molecule has 10 heteroatoms. The minimum Gasteiger partial charge on any atom is -0.453 e. The van der Waals surface area contributed by atoms with Gasteiger partial charge in [0.15, 0.2) is 11.5 Å². The van der Waals surface area contributed by atoms with E-state index in [0.717, 1.165) is 12.1 Å². The maximum atomic E-state index is 13.3. The normalized spacial score (nSPS) is 28.9. The summed E-state index contributed by atoms with van der Waals surface area (Å²) in [6, 6.07) is 9.79. The van der Waals surface area contributed by atoms with Crippen LogP contribution in [0.3, 0.4) is 0 Å². The fourth-order valence-electron chi connectivity index (χ4n) is 3.70. The summed E-state index contributed by atoms with van der Waals surface area (Å²) in [5.41, 5.74) is 0.0218. The first-order chi connectivity index (χ1) is 13.4. The maximum Gasteiger partial charge on any atom is 0.416 e. The van der Waals surface area contributed by atoms with Gasteiger partial charge in [0, 0.05) is 0 Å². The summed E-state index contributed by atoms with van der Waals surface area (Å²) in [4.78, 5) is 1.70. The molecule has 2 aromatic rings. The van der Waals surface area contributed by atoms with Crippen molar-refractivity contribution in [1.82, 2.24) is 0 Å². The molecule has 3 aliphatic rings. The molecule has 5 rings (SSSR count). The third-order valence-electron chi connectivity index (χ3n) is 4.93. The van der Waals surface area contributed by atoms with Gasteiger partial charge in [-0.1, -0.05) is 12.1 Å². The van der Waals surface area contributed by atoms with Crippen LogP contribution in [0.15, 0.2) is 42.5 Å². The number of halogens is 3. The molecule has 6 nitrogen and oxygen atoms in total. The van der Waals surface area contributed by atoms with Gasteiger partial charge in [-0.2, -0.15) is 17.4 Å². The lowest BCUT2D eigenvalue weighted by atomic mass is 9.99. The Bertz CT molecular complexity index is 953. The van der Waals surface area contributed by atoms with Crippen LogP contribution in [-0.4, -0.2) is 35.7 Å². The number of hydrogen-bond donors (Lipinski definition) is 0. The zero-order chi connectivity index (χ0) is 19.5. The lowest BCUT2D eigenvalue weighted by molar-refractivity contribution is -0.137. The van der Waals surface area contributed by atoms with Crippen LogP contribution in [0.2, 0.25) is 0 Å². The number of ether oxygens (including phenoxy) is 2. The first-order valence-corrected chi connectivity index (χ1v) is 9.53. The molecule has 2 saturated heterocycles. The van der Waals surface area contributed by atoms with Crippen LogP contribution in [0.4, 0.5) is 24.5 Å². The van der Waals surface area contributed by atoms with E-state index in [-0.39, 0.29) is 24.7 Å². The van der Waals surface area contributed by atoms with E-state index in [1.165, 1.54) is 6.07 Å². The fraction of sp³-hybridized carbons (Fsp3) is 0.333. The molecule has 0 saturated carbocycles. The average Bonchev–Trinajstić information content (AvgIpc) is 3.05. The standard InChI is InChI=1S/C18H14F3NO5S/c19-18(20,21)10-5-6-15-12(7-10)22(11-3-1-2-4-14(11)25-15)13-8-24-9-16-17(13)27-28(23)26-16/h1-7,13,16-17H,8-9H2/t13-,16-,17+,28?/m0/s1. The van der Waals surface area contributed by atoms with Gasteiger partial charge in [-0.3, -0.25) is 8.37 Å². The Morgan fingerprint density at radius 2 is 1.79 bits per heavy atom. The van der Waals surface area contributed by atoms with E-state index >= 15 is 0 Å². The topological polar surface area (TPSA) is 57.2 Å². The summed E-state index contributed by atoms with van der Waals surface area (Å²) >= 11 is -1.92. The summed E-state index contributed by atoms with van der Waals surface area (Å²) in [7, 11) is 0. The Morgan fingerprint density at radius 3 is 2.61 bits per heavy atom. The molecular formula is C18H14F3NO5S. The predicted octanol–water partition coefficient (Wildman–Crippen LogP) is 3.71. The lowest BCUT2D eigenvalue weighted by Crippen LogP contribution is -2.54. The van der Waals surface area contributed by atoms with Crippen molar-refractivity contribution >= 4 is 22.7 Å². The molecule has 2 aromatic carbocycles. The first-order valence-electron chi connectivity index (χ1n) is 8.53. The highest BCUT2D eigenvalue weighted by Crippen LogP contribution is 2.50. The molecule has 0 bridgehead atoms. The van der Waals surface area contributed by atoms with Gasteiger partial charge in [-0.15, -0.1) is 0 Å². The largest absolute Gasteiger partial charge is 0.453 e. The Labute approximate surface area is 160 Å². The lowest BCUT2D eigenvalue weighted by Gasteiger charge is -2.42. The van der Waals surface area contributed by atoms with Crippen LogP contribution in [0, 0.1) is 0 Å². The Hall–Kier alpha value is -2.14. The summed E-state index contributed by atoms with van der Waals surface area (Å²) in [5.74, 6) is 0.783. The molecule has 148 valence electrons. The van der Waals surface area contributed by atoms with E-state index in [0.29, 0.717) is 11.4 Å². The van der Waals surface area contributed by atoms with Crippen LogP contribution in [0.5, 0.6) is 11.5 Å². The zero-order valence-corrected chi connectivity index (χ0v) is 15.0. The van der Waals surface area contributed by atoms with Crippen molar-refractivity contribution in [2.45, 2.75) is 24.4 Å². The van der Waals surface area contributed by atoms with Crippen LogP contribution in [0.25, 0.3) is 0 Å². The van der Waals surface area contributed by atoms with Crippen LogP contribution >= 0.6 is 0 Å². The van der Waals surface area contributed by atoms with E-state index in [9.17, 15) is 17.4 Å². The van der Waals surface area contributed by atoms with Crippen molar-refractivity contribution < 1.29 is 35.2 Å². The van der Waals surface area contributed by atoms with Gasteiger partial charge in [0.2, 0.25) is 0 Å². The SMILES string of the molecule is O=S1O[C@H]2[C@H](COC[C@@H]2N2c3ccccc3Oc3ccc(C(F)(F)F)cc32)O1.